The van der Waals surface area contributed by atoms with E-state index in [1.807, 2.05) is 38.2 Å². The molecule has 0 aliphatic carbocycles. The van der Waals surface area contributed by atoms with Gasteiger partial charge in [0.05, 0.1) is 17.6 Å². The van der Waals surface area contributed by atoms with Crippen LogP contribution in [0.25, 0.3) is 35.2 Å². The smallest absolute Gasteiger partial charge is 0.0912 e. The Labute approximate surface area is 226 Å². The topological polar surface area (TPSA) is 65.6 Å². The molecule has 2 aromatic carbocycles. The summed E-state index contributed by atoms with van der Waals surface area (Å²) in [7, 11) is 0. The van der Waals surface area contributed by atoms with Crippen LogP contribution in [0.2, 0.25) is 0 Å². The average Bonchev–Trinajstić information content (AvgIpc) is 3.42. The van der Waals surface area contributed by atoms with Crippen LogP contribution in [0.1, 0.15) is 44.4 Å². The summed E-state index contributed by atoms with van der Waals surface area (Å²) in [5, 5.41) is 16.5. The van der Waals surface area contributed by atoms with Crippen molar-refractivity contribution in [3.63, 3.8) is 0 Å². The molecule has 4 rings (SSSR count). The maximum atomic E-state index is 4.67. The van der Waals surface area contributed by atoms with E-state index in [4.69, 9.17) is 0 Å². The molecule has 0 radical (unpaired) electrons. The maximum absolute atomic E-state index is 4.67. The van der Waals surface area contributed by atoms with E-state index in [9.17, 15) is 0 Å². The lowest BCUT2D eigenvalue weighted by atomic mass is 10.0. The molecule has 5 heteroatoms. The molecule has 0 saturated carbocycles. The van der Waals surface area contributed by atoms with Crippen LogP contribution in [-0.4, -0.2) is 28.3 Å². The molecule has 2 heterocycles. The summed E-state index contributed by atoms with van der Waals surface area (Å²) in [4.78, 5) is 4.67. The van der Waals surface area contributed by atoms with Gasteiger partial charge in [-0.15, -0.1) is 0 Å². The van der Waals surface area contributed by atoms with Crippen LogP contribution in [0.4, 0.5) is 5.69 Å². The van der Waals surface area contributed by atoms with E-state index in [-0.39, 0.29) is 0 Å². The molecular formula is C33H39N5. The molecule has 0 aliphatic heterocycles. The zero-order chi connectivity index (χ0) is 26.7. The van der Waals surface area contributed by atoms with Crippen molar-refractivity contribution in [2.75, 3.05) is 18.4 Å². The fraction of sp³-hybridized carbons (Fsp3) is 0.273. The van der Waals surface area contributed by atoms with E-state index in [1.165, 1.54) is 24.8 Å². The monoisotopic (exact) mass is 505 g/mol. The Kier molecular flexibility index (Phi) is 9.65. The molecule has 0 spiro atoms. The minimum atomic E-state index is 0.883. The van der Waals surface area contributed by atoms with Gasteiger partial charge in [-0.1, -0.05) is 49.9 Å². The number of unbranched alkanes of at least 4 members (excludes halogenated alkanes) is 1. The molecule has 3 N–H and O–H groups in total. The number of pyridine rings is 1. The number of aromatic amines is 1. The van der Waals surface area contributed by atoms with E-state index < -0.39 is 0 Å². The Morgan fingerprint density at radius 3 is 2.63 bits per heavy atom. The van der Waals surface area contributed by atoms with Crippen LogP contribution in [0.3, 0.4) is 0 Å². The molecule has 0 aliphatic rings. The fourth-order valence-electron chi connectivity index (χ4n) is 4.44. The first-order valence-corrected chi connectivity index (χ1v) is 13.6. The predicted molar refractivity (Wildman–Crippen MR) is 161 cm³/mol. The number of nitrogens with zero attached hydrogens (tertiary/aromatic N) is 2. The molecule has 2 aromatic heterocycles. The molecule has 38 heavy (non-hydrogen) atoms. The summed E-state index contributed by atoms with van der Waals surface area (Å²) in [5.74, 6) is 0. The number of aromatic nitrogens is 3. The molecule has 0 fully saturated rings. The second-order valence-corrected chi connectivity index (χ2v) is 9.65. The summed E-state index contributed by atoms with van der Waals surface area (Å²) < 4.78 is 0. The zero-order valence-corrected chi connectivity index (χ0v) is 22.8. The van der Waals surface area contributed by atoms with Gasteiger partial charge >= 0.3 is 0 Å². The Hall–Kier alpha value is -3.96. The van der Waals surface area contributed by atoms with Gasteiger partial charge in [-0.2, -0.15) is 5.10 Å². The molecule has 5 nitrogen and oxygen atoms in total. The molecular weight excluding hydrogens is 466 g/mol. The van der Waals surface area contributed by atoms with Crippen molar-refractivity contribution in [1.82, 2.24) is 20.5 Å². The Bertz CT molecular complexity index is 1460. The lowest BCUT2D eigenvalue weighted by Crippen LogP contribution is -2.23. The second-order valence-electron chi connectivity index (χ2n) is 9.65. The maximum Gasteiger partial charge on any atom is 0.0912 e. The van der Waals surface area contributed by atoms with Gasteiger partial charge < -0.3 is 10.6 Å². The van der Waals surface area contributed by atoms with Gasteiger partial charge in [-0.3, -0.25) is 10.1 Å². The minimum Gasteiger partial charge on any atom is -0.356 e. The predicted octanol–water partition coefficient (Wildman–Crippen LogP) is 5.98. The molecule has 0 amide bonds. The Balaban J connectivity index is 1.48. The van der Waals surface area contributed by atoms with E-state index in [0.29, 0.717) is 0 Å². The first-order chi connectivity index (χ1) is 18.6. The molecule has 196 valence electrons. The van der Waals surface area contributed by atoms with Crippen LogP contribution < -0.4 is 21.1 Å². The molecule has 4 aromatic rings. The average molecular weight is 506 g/mol. The van der Waals surface area contributed by atoms with Gasteiger partial charge in [0.25, 0.3) is 0 Å². The van der Waals surface area contributed by atoms with Crippen molar-refractivity contribution >= 4 is 18.3 Å². The molecule has 0 atom stereocenters. The zero-order valence-electron chi connectivity index (χ0n) is 22.8. The van der Waals surface area contributed by atoms with E-state index in [2.05, 4.69) is 93.9 Å². The highest BCUT2D eigenvalue weighted by Crippen LogP contribution is 2.28. The summed E-state index contributed by atoms with van der Waals surface area (Å²) in [5.41, 5.74) is 8.34. The van der Waals surface area contributed by atoms with Gasteiger partial charge in [0.1, 0.15) is 0 Å². The summed E-state index contributed by atoms with van der Waals surface area (Å²) in [6.45, 7) is 12.7. The van der Waals surface area contributed by atoms with Crippen molar-refractivity contribution in [3.05, 3.63) is 100 Å². The number of benzene rings is 2. The van der Waals surface area contributed by atoms with E-state index in [1.54, 1.807) is 0 Å². The molecule has 0 bridgehead atoms. The van der Waals surface area contributed by atoms with Gasteiger partial charge in [0.15, 0.2) is 0 Å². The number of hydrogen-bond donors (Lipinski definition) is 3. The standard InChI is InChI=1S/C33H39N5/c1-5-19-34-20-8-7-11-26-14-17-30(18-15-26)37-29(6-2)22-28-21-27(16-13-24(28)3)31-23-35-38-33(31)32-12-9-10-25(4)36-32/h6,9-10,12-18,21-23,34,37H,3,5,7-8,11,19-20H2,1-2,4H3,(H,35,38)/b28-22-,29-6+. The third-order valence-electron chi connectivity index (χ3n) is 6.60. The summed E-state index contributed by atoms with van der Waals surface area (Å²) >= 11 is 0. The number of aryl methyl sites for hydroxylation is 2. The molecule has 0 saturated heterocycles. The molecule has 0 unspecified atom stereocenters. The van der Waals surface area contributed by atoms with Crippen molar-refractivity contribution in [2.24, 2.45) is 0 Å². The van der Waals surface area contributed by atoms with Crippen molar-refractivity contribution in [2.45, 2.75) is 46.5 Å². The number of H-pyrrole nitrogens is 1. The van der Waals surface area contributed by atoms with Gasteiger partial charge in [0, 0.05) is 22.6 Å². The van der Waals surface area contributed by atoms with Gasteiger partial charge in [0.2, 0.25) is 0 Å². The second kappa shape index (κ2) is 13.5. The lowest BCUT2D eigenvalue weighted by molar-refractivity contribution is 0.617. The van der Waals surface area contributed by atoms with Crippen molar-refractivity contribution in [3.8, 4) is 22.5 Å². The highest BCUT2D eigenvalue weighted by atomic mass is 15.1. The van der Waals surface area contributed by atoms with Gasteiger partial charge in [-0.05, 0) is 111 Å². The first kappa shape index (κ1) is 27.1. The third kappa shape index (κ3) is 7.30. The quantitative estimate of drug-likeness (QED) is 0.207. The normalized spacial score (nSPS) is 12.2. The van der Waals surface area contributed by atoms with E-state index >= 15 is 0 Å². The number of allylic oxidation sites excluding steroid dienone is 2. The number of rotatable bonds is 12. The first-order valence-electron chi connectivity index (χ1n) is 13.6. The number of anilines is 1. The number of nitrogens with one attached hydrogen (secondary N) is 3. The number of hydrogen-bond acceptors (Lipinski definition) is 4. The third-order valence-corrected chi connectivity index (χ3v) is 6.60. The Morgan fingerprint density at radius 2 is 1.87 bits per heavy atom. The summed E-state index contributed by atoms with van der Waals surface area (Å²) in [6, 6.07) is 21.1. The SMILES string of the molecule is C=c1ccc(-c2cn[nH]c2-c2cccc(C)n2)c/c1=C/C(=C\C)Nc1ccc(CCCCNCCC)cc1. The largest absolute Gasteiger partial charge is 0.356 e. The van der Waals surface area contributed by atoms with Crippen molar-refractivity contribution < 1.29 is 0 Å². The van der Waals surface area contributed by atoms with Crippen molar-refractivity contribution in [1.29, 1.82) is 0 Å². The van der Waals surface area contributed by atoms with Crippen LogP contribution >= 0.6 is 0 Å². The van der Waals surface area contributed by atoms with E-state index in [0.717, 1.165) is 69.5 Å². The Morgan fingerprint density at radius 1 is 1.03 bits per heavy atom. The lowest BCUT2D eigenvalue weighted by Gasteiger charge is -2.09. The fourth-order valence-corrected chi connectivity index (χ4v) is 4.44. The van der Waals surface area contributed by atoms with Crippen LogP contribution in [0, 0.1) is 6.92 Å². The van der Waals surface area contributed by atoms with Crippen LogP contribution in [0.5, 0.6) is 0 Å². The summed E-state index contributed by atoms with van der Waals surface area (Å²) in [6.07, 6.45) is 10.8. The van der Waals surface area contributed by atoms with Crippen LogP contribution in [0.15, 0.2) is 78.6 Å². The highest BCUT2D eigenvalue weighted by Gasteiger charge is 2.11. The highest BCUT2D eigenvalue weighted by molar-refractivity contribution is 5.79. The minimum absolute atomic E-state index is 0.883. The van der Waals surface area contributed by atoms with Crippen LogP contribution in [-0.2, 0) is 6.42 Å². The van der Waals surface area contributed by atoms with Gasteiger partial charge in [-0.25, -0.2) is 0 Å².